The first kappa shape index (κ1) is 21.5. The number of benzene rings is 1. The van der Waals surface area contributed by atoms with Gasteiger partial charge in [-0.2, -0.15) is 0 Å². The molecule has 5 nitrogen and oxygen atoms in total. The number of sulfone groups is 1. The lowest BCUT2D eigenvalue weighted by atomic mass is 9.65. The van der Waals surface area contributed by atoms with Gasteiger partial charge in [-0.25, -0.2) is 8.42 Å². The summed E-state index contributed by atoms with van der Waals surface area (Å²) in [7, 11) is -1.38. The Balaban J connectivity index is 0.00000243. The maximum absolute atomic E-state index is 11.7. The van der Waals surface area contributed by atoms with Crippen molar-refractivity contribution in [2.75, 3.05) is 19.8 Å². The minimum atomic E-state index is -3.17. The smallest absolute Gasteiger partial charge is 0.191 e. The van der Waals surface area contributed by atoms with Gasteiger partial charge in [0.15, 0.2) is 15.8 Å². The molecule has 3 rings (SSSR count). The standard InChI is InChI=1S/C19H29N3O2S.HI/c1-14-11-15(5-8-17(14)25(3,23)24)12-21-18(20-2)22-13-19(9-4-10-19)16-6-7-16;/h5,8,11,16H,4,6-7,9-10,12-13H2,1-3H3,(H2,20,21,22);1H. The molecule has 0 saturated heterocycles. The van der Waals surface area contributed by atoms with Gasteiger partial charge in [0.25, 0.3) is 0 Å². The summed E-state index contributed by atoms with van der Waals surface area (Å²) < 4.78 is 23.4. The van der Waals surface area contributed by atoms with Gasteiger partial charge in [-0.05, 0) is 61.1 Å². The maximum Gasteiger partial charge on any atom is 0.191 e. The lowest BCUT2D eigenvalue weighted by Crippen LogP contribution is -2.47. The first-order valence-electron chi connectivity index (χ1n) is 9.08. The van der Waals surface area contributed by atoms with E-state index >= 15 is 0 Å². The summed E-state index contributed by atoms with van der Waals surface area (Å²) in [6.45, 7) is 3.47. The van der Waals surface area contributed by atoms with E-state index in [4.69, 9.17) is 0 Å². The fourth-order valence-electron chi connectivity index (χ4n) is 3.96. The SMILES string of the molecule is CN=C(NCc1ccc(S(C)(=O)=O)c(C)c1)NCC1(C2CC2)CCC1.I. The Morgan fingerprint density at radius 2 is 1.96 bits per heavy atom. The fraction of sp³-hybridized carbons (Fsp3) is 0.632. The second-order valence-corrected chi connectivity index (χ2v) is 9.63. The second kappa shape index (κ2) is 8.46. The topological polar surface area (TPSA) is 70.6 Å². The highest BCUT2D eigenvalue weighted by Crippen LogP contribution is 2.56. The van der Waals surface area contributed by atoms with Crippen LogP contribution in [0.25, 0.3) is 0 Å². The molecule has 2 N–H and O–H groups in total. The van der Waals surface area contributed by atoms with Crippen LogP contribution in [0.2, 0.25) is 0 Å². The lowest BCUT2D eigenvalue weighted by Gasteiger charge is -2.43. The van der Waals surface area contributed by atoms with Crippen molar-refractivity contribution in [3.8, 4) is 0 Å². The second-order valence-electron chi connectivity index (χ2n) is 7.64. The predicted octanol–water partition coefficient (Wildman–Crippen LogP) is 3.26. The summed E-state index contributed by atoms with van der Waals surface area (Å²) in [4.78, 5) is 4.72. The number of halogens is 1. The molecule has 0 aromatic heterocycles. The molecule has 2 aliphatic rings. The van der Waals surface area contributed by atoms with Gasteiger partial charge in [-0.15, -0.1) is 24.0 Å². The van der Waals surface area contributed by atoms with Gasteiger partial charge in [0.05, 0.1) is 4.90 Å². The van der Waals surface area contributed by atoms with Crippen LogP contribution in [0.1, 0.15) is 43.2 Å². The third kappa shape index (κ3) is 4.91. The van der Waals surface area contributed by atoms with E-state index in [1.54, 1.807) is 13.1 Å². The molecule has 7 heteroatoms. The number of aliphatic imine (C=N–C) groups is 1. The minimum absolute atomic E-state index is 0. The van der Waals surface area contributed by atoms with Crippen molar-refractivity contribution in [3.05, 3.63) is 29.3 Å². The quantitative estimate of drug-likeness (QED) is 0.364. The van der Waals surface area contributed by atoms with Crippen molar-refractivity contribution in [1.82, 2.24) is 10.6 Å². The van der Waals surface area contributed by atoms with Gasteiger partial charge >= 0.3 is 0 Å². The molecule has 0 aliphatic heterocycles. The van der Waals surface area contributed by atoms with E-state index in [1.807, 2.05) is 19.1 Å². The third-order valence-electron chi connectivity index (χ3n) is 5.72. The number of hydrogen-bond acceptors (Lipinski definition) is 3. The van der Waals surface area contributed by atoms with Crippen LogP contribution in [0.3, 0.4) is 0 Å². The van der Waals surface area contributed by atoms with Crippen molar-refractivity contribution in [2.45, 2.75) is 50.5 Å². The zero-order valence-electron chi connectivity index (χ0n) is 15.8. The molecule has 0 radical (unpaired) electrons. The van der Waals surface area contributed by atoms with Gasteiger partial charge in [0.1, 0.15) is 0 Å². The molecule has 2 saturated carbocycles. The highest BCUT2D eigenvalue weighted by molar-refractivity contribution is 14.0. The molecule has 0 unspecified atom stereocenters. The molecule has 0 heterocycles. The average Bonchev–Trinajstić information content (AvgIpc) is 3.33. The highest BCUT2D eigenvalue weighted by atomic mass is 127. The predicted molar refractivity (Wildman–Crippen MR) is 117 cm³/mol. The summed E-state index contributed by atoms with van der Waals surface area (Å²) >= 11 is 0. The number of guanidine groups is 1. The van der Waals surface area contributed by atoms with Crippen LogP contribution in [0.15, 0.2) is 28.1 Å². The van der Waals surface area contributed by atoms with Crippen molar-refractivity contribution in [1.29, 1.82) is 0 Å². The Morgan fingerprint density at radius 3 is 2.42 bits per heavy atom. The van der Waals surface area contributed by atoms with Crippen molar-refractivity contribution in [2.24, 2.45) is 16.3 Å². The van der Waals surface area contributed by atoms with Crippen LogP contribution >= 0.6 is 24.0 Å². The fourth-order valence-corrected chi connectivity index (χ4v) is 4.92. The molecule has 0 amide bonds. The summed E-state index contributed by atoms with van der Waals surface area (Å²) in [5.41, 5.74) is 2.34. The third-order valence-corrected chi connectivity index (χ3v) is 6.98. The Kier molecular flexibility index (Phi) is 6.98. The Bertz CT molecular complexity index is 769. The summed E-state index contributed by atoms with van der Waals surface area (Å²) in [5.74, 6) is 1.73. The van der Waals surface area contributed by atoms with E-state index in [-0.39, 0.29) is 24.0 Å². The molecule has 1 aromatic rings. The van der Waals surface area contributed by atoms with Crippen LogP contribution in [-0.4, -0.2) is 34.2 Å². The normalized spacial score (nSPS) is 19.3. The van der Waals surface area contributed by atoms with E-state index in [9.17, 15) is 8.42 Å². The van der Waals surface area contributed by atoms with E-state index in [2.05, 4.69) is 15.6 Å². The molecular formula is C19H30IN3O2S. The molecule has 146 valence electrons. The van der Waals surface area contributed by atoms with Crippen LogP contribution in [-0.2, 0) is 16.4 Å². The average molecular weight is 491 g/mol. The number of aryl methyl sites for hydroxylation is 1. The highest BCUT2D eigenvalue weighted by Gasteiger charge is 2.48. The first-order chi connectivity index (χ1) is 11.8. The Morgan fingerprint density at radius 1 is 1.27 bits per heavy atom. The largest absolute Gasteiger partial charge is 0.356 e. The van der Waals surface area contributed by atoms with Gasteiger partial charge in [-0.3, -0.25) is 4.99 Å². The molecule has 2 aliphatic carbocycles. The van der Waals surface area contributed by atoms with Gasteiger partial charge in [0, 0.05) is 26.4 Å². The first-order valence-corrected chi connectivity index (χ1v) is 11.0. The molecule has 26 heavy (non-hydrogen) atoms. The summed E-state index contributed by atoms with van der Waals surface area (Å²) in [6, 6.07) is 5.48. The summed E-state index contributed by atoms with van der Waals surface area (Å²) in [5, 5.41) is 6.84. The molecule has 0 spiro atoms. The lowest BCUT2D eigenvalue weighted by molar-refractivity contribution is 0.106. The molecule has 0 bridgehead atoms. The minimum Gasteiger partial charge on any atom is -0.356 e. The molecule has 1 aromatic carbocycles. The molecule has 2 fully saturated rings. The van der Waals surface area contributed by atoms with E-state index in [0.717, 1.165) is 29.5 Å². The number of nitrogens with zero attached hydrogens (tertiary/aromatic N) is 1. The Labute approximate surface area is 174 Å². The van der Waals surface area contributed by atoms with Gasteiger partial charge in [0.2, 0.25) is 0 Å². The number of rotatable bonds is 6. The van der Waals surface area contributed by atoms with E-state index < -0.39 is 9.84 Å². The van der Waals surface area contributed by atoms with Crippen LogP contribution < -0.4 is 10.6 Å². The Hall–Kier alpha value is -0.830. The van der Waals surface area contributed by atoms with Gasteiger partial charge in [-0.1, -0.05) is 18.6 Å². The molecular weight excluding hydrogens is 461 g/mol. The number of nitrogens with one attached hydrogen (secondary N) is 2. The number of hydrogen-bond donors (Lipinski definition) is 2. The van der Waals surface area contributed by atoms with Gasteiger partial charge < -0.3 is 10.6 Å². The van der Waals surface area contributed by atoms with Crippen LogP contribution in [0, 0.1) is 18.3 Å². The maximum atomic E-state index is 11.7. The molecule has 0 atom stereocenters. The van der Waals surface area contributed by atoms with Crippen LogP contribution in [0.4, 0.5) is 0 Å². The van der Waals surface area contributed by atoms with Crippen molar-refractivity contribution in [3.63, 3.8) is 0 Å². The van der Waals surface area contributed by atoms with E-state index in [0.29, 0.717) is 16.9 Å². The zero-order chi connectivity index (χ0) is 18.1. The summed E-state index contributed by atoms with van der Waals surface area (Å²) in [6.07, 6.45) is 8.06. The van der Waals surface area contributed by atoms with Crippen LogP contribution in [0.5, 0.6) is 0 Å². The van der Waals surface area contributed by atoms with Crippen molar-refractivity contribution >= 4 is 39.8 Å². The monoisotopic (exact) mass is 491 g/mol. The van der Waals surface area contributed by atoms with Crippen molar-refractivity contribution < 1.29 is 8.42 Å². The zero-order valence-corrected chi connectivity index (χ0v) is 19.0. The van der Waals surface area contributed by atoms with E-state index in [1.165, 1.54) is 38.4 Å².